The fraction of sp³-hybridized carbons (Fsp3) is 0.333. The molecule has 0 bridgehead atoms. The molecule has 0 aliphatic carbocycles. The van der Waals surface area contributed by atoms with Crippen LogP contribution in [0.2, 0.25) is 0 Å². The summed E-state index contributed by atoms with van der Waals surface area (Å²) < 4.78 is 1.88. The van der Waals surface area contributed by atoms with Crippen LogP contribution in [0, 0.1) is 0 Å². The van der Waals surface area contributed by atoms with E-state index in [2.05, 4.69) is 38.2 Å². The minimum atomic E-state index is -0.350. The second kappa shape index (κ2) is 10.6. The smallest absolute Gasteiger partial charge is 0.324 e. The number of halogens is 1. The maximum absolute atomic E-state index is 11.6. The van der Waals surface area contributed by atoms with E-state index in [1.54, 1.807) is 13.2 Å². The number of carbonyl (C=O) groups is 2. The lowest BCUT2D eigenvalue weighted by atomic mass is 10.1. The van der Waals surface area contributed by atoms with Gasteiger partial charge in [0.15, 0.2) is 5.96 Å². The van der Waals surface area contributed by atoms with E-state index in [4.69, 9.17) is 0 Å². The third-order valence-corrected chi connectivity index (χ3v) is 4.24. The van der Waals surface area contributed by atoms with Crippen LogP contribution in [0.1, 0.15) is 11.1 Å². The summed E-state index contributed by atoms with van der Waals surface area (Å²) in [4.78, 5) is 28.5. The molecule has 1 aromatic heterocycles. The van der Waals surface area contributed by atoms with E-state index < -0.39 is 0 Å². The van der Waals surface area contributed by atoms with Crippen molar-refractivity contribution < 1.29 is 9.59 Å². The molecule has 9 nitrogen and oxygen atoms in total. The monoisotopic (exact) mass is 497 g/mol. The molecule has 1 fully saturated rings. The number of nitrogens with zero attached hydrogens (tertiary/aromatic N) is 4. The Hall–Kier alpha value is -2.63. The molecule has 3 rings (SSSR count). The third kappa shape index (κ3) is 5.68. The number of aliphatic imine (C=N–C) groups is 1. The van der Waals surface area contributed by atoms with Crippen molar-refractivity contribution in [1.82, 2.24) is 30.6 Å². The fourth-order valence-corrected chi connectivity index (χ4v) is 2.82. The number of urea groups is 1. The van der Waals surface area contributed by atoms with Gasteiger partial charge in [-0.05, 0) is 17.2 Å². The second-order valence-electron chi connectivity index (χ2n) is 6.03. The van der Waals surface area contributed by atoms with Crippen LogP contribution < -0.4 is 16.0 Å². The molecule has 0 radical (unpaired) electrons. The number of aromatic nitrogens is 2. The van der Waals surface area contributed by atoms with Crippen LogP contribution >= 0.6 is 24.0 Å². The lowest BCUT2D eigenvalue weighted by Crippen LogP contribution is -2.43. The molecule has 1 saturated heterocycles. The van der Waals surface area contributed by atoms with Gasteiger partial charge in [0.05, 0.1) is 13.1 Å². The molecule has 150 valence electrons. The Balaban J connectivity index is 0.00000280. The first-order valence-corrected chi connectivity index (χ1v) is 8.74. The fourth-order valence-electron chi connectivity index (χ4n) is 2.82. The molecule has 0 atom stereocenters. The number of nitrogens with one attached hydrogen (secondary N) is 3. The highest BCUT2D eigenvalue weighted by Crippen LogP contribution is 2.10. The van der Waals surface area contributed by atoms with E-state index in [1.807, 2.05) is 29.1 Å². The Kier molecular flexibility index (Phi) is 8.23. The lowest BCUT2D eigenvalue weighted by Gasteiger charge is -2.16. The quantitative estimate of drug-likeness (QED) is 0.227. The van der Waals surface area contributed by atoms with Crippen molar-refractivity contribution in [2.75, 3.05) is 26.7 Å². The van der Waals surface area contributed by atoms with Crippen LogP contribution in [0.3, 0.4) is 0 Å². The molecule has 0 saturated carbocycles. The van der Waals surface area contributed by atoms with Crippen molar-refractivity contribution in [3.05, 3.63) is 53.9 Å². The van der Waals surface area contributed by atoms with Gasteiger partial charge in [0, 0.05) is 39.1 Å². The van der Waals surface area contributed by atoms with E-state index in [0.717, 1.165) is 5.56 Å². The molecule has 1 aromatic carbocycles. The van der Waals surface area contributed by atoms with Gasteiger partial charge < -0.3 is 16.0 Å². The van der Waals surface area contributed by atoms with Crippen molar-refractivity contribution in [3.63, 3.8) is 0 Å². The standard InChI is InChI=1S/C18H23N7O2.HI/c1-19-17(20-8-10-25-16(26)12-22-18(25)27)21-11-14-5-2-3-6-15(14)13-24-9-4-7-23-24;/h2-7,9H,8,10-13H2,1H3,(H,22,27)(H2,19,20,21);1H. The normalized spacial score (nSPS) is 13.9. The van der Waals surface area contributed by atoms with Gasteiger partial charge in [-0.15, -0.1) is 24.0 Å². The van der Waals surface area contributed by atoms with Crippen molar-refractivity contribution >= 4 is 41.9 Å². The van der Waals surface area contributed by atoms with Crippen molar-refractivity contribution in [3.8, 4) is 0 Å². The Morgan fingerprint density at radius 1 is 1.21 bits per heavy atom. The van der Waals surface area contributed by atoms with E-state index in [-0.39, 0.29) is 42.5 Å². The molecular formula is C18H24IN7O2. The molecule has 1 aliphatic heterocycles. The minimum Gasteiger partial charge on any atom is -0.355 e. The topological polar surface area (TPSA) is 104 Å². The SMILES string of the molecule is CN=C(NCCN1C(=O)CNC1=O)NCc1ccccc1Cn1cccn1.I. The van der Waals surface area contributed by atoms with Gasteiger partial charge in [0.25, 0.3) is 0 Å². The van der Waals surface area contributed by atoms with Crippen LogP contribution in [0.5, 0.6) is 0 Å². The van der Waals surface area contributed by atoms with Crippen molar-refractivity contribution in [1.29, 1.82) is 0 Å². The van der Waals surface area contributed by atoms with E-state index in [9.17, 15) is 9.59 Å². The highest BCUT2D eigenvalue weighted by atomic mass is 127. The molecule has 3 amide bonds. The number of guanidine groups is 1. The second-order valence-corrected chi connectivity index (χ2v) is 6.03. The maximum atomic E-state index is 11.6. The summed E-state index contributed by atoms with van der Waals surface area (Å²) in [7, 11) is 1.68. The molecule has 0 spiro atoms. The van der Waals surface area contributed by atoms with Gasteiger partial charge in [-0.1, -0.05) is 24.3 Å². The zero-order valence-electron chi connectivity index (χ0n) is 15.6. The van der Waals surface area contributed by atoms with Gasteiger partial charge in [-0.3, -0.25) is 19.4 Å². The number of amides is 3. The van der Waals surface area contributed by atoms with Crippen molar-refractivity contribution in [2.45, 2.75) is 13.1 Å². The van der Waals surface area contributed by atoms with Gasteiger partial charge in [0.2, 0.25) is 5.91 Å². The maximum Gasteiger partial charge on any atom is 0.324 e. The molecule has 0 unspecified atom stereocenters. The number of hydrogen-bond acceptors (Lipinski definition) is 4. The minimum absolute atomic E-state index is 0. The van der Waals surface area contributed by atoms with Gasteiger partial charge in [-0.2, -0.15) is 5.10 Å². The predicted octanol–water partition coefficient (Wildman–Crippen LogP) is 0.766. The number of hydrogen-bond donors (Lipinski definition) is 3. The van der Waals surface area contributed by atoms with Crippen LogP contribution in [-0.4, -0.2) is 59.3 Å². The highest BCUT2D eigenvalue weighted by Gasteiger charge is 2.27. The van der Waals surface area contributed by atoms with Crippen LogP contribution in [0.4, 0.5) is 4.79 Å². The number of carbonyl (C=O) groups excluding carboxylic acids is 2. The first kappa shape index (κ1) is 21.7. The van der Waals surface area contributed by atoms with Crippen LogP contribution in [0.15, 0.2) is 47.7 Å². The predicted molar refractivity (Wildman–Crippen MR) is 116 cm³/mol. The van der Waals surface area contributed by atoms with E-state index >= 15 is 0 Å². The highest BCUT2D eigenvalue weighted by molar-refractivity contribution is 14.0. The summed E-state index contributed by atoms with van der Waals surface area (Å²) in [6.45, 7) is 2.08. The first-order chi connectivity index (χ1) is 13.2. The van der Waals surface area contributed by atoms with E-state index in [1.165, 1.54) is 10.5 Å². The summed E-state index contributed by atoms with van der Waals surface area (Å²) in [5.74, 6) is 0.397. The van der Waals surface area contributed by atoms with Crippen LogP contribution in [-0.2, 0) is 17.9 Å². The van der Waals surface area contributed by atoms with Gasteiger partial charge in [-0.25, -0.2) is 4.79 Å². The molecule has 2 heterocycles. The largest absolute Gasteiger partial charge is 0.355 e. The Labute approximate surface area is 180 Å². The zero-order chi connectivity index (χ0) is 19.1. The number of benzene rings is 1. The zero-order valence-corrected chi connectivity index (χ0v) is 17.9. The third-order valence-electron chi connectivity index (χ3n) is 4.24. The molecule has 28 heavy (non-hydrogen) atoms. The van der Waals surface area contributed by atoms with Gasteiger partial charge >= 0.3 is 6.03 Å². The summed E-state index contributed by atoms with van der Waals surface area (Å²) in [5.41, 5.74) is 2.31. The van der Waals surface area contributed by atoms with Crippen LogP contribution in [0.25, 0.3) is 0 Å². The Morgan fingerprint density at radius 2 is 2.00 bits per heavy atom. The van der Waals surface area contributed by atoms with Gasteiger partial charge in [0.1, 0.15) is 0 Å². The first-order valence-electron chi connectivity index (χ1n) is 8.74. The molecule has 3 N–H and O–H groups in total. The summed E-state index contributed by atoms with van der Waals surface area (Å²) in [6.07, 6.45) is 3.69. The summed E-state index contributed by atoms with van der Waals surface area (Å²) in [6, 6.07) is 9.69. The molecular weight excluding hydrogens is 473 g/mol. The van der Waals surface area contributed by atoms with Crippen molar-refractivity contribution in [2.24, 2.45) is 4.99 Å². The Morgan fingerprint density at radius 3 is 2.64 bits per heavy atom. The average Bonchev–Trinajstić information content (AvgIpc) is 3.30. The number of rotatable bonds is 7. The summed E-state index contributed by atoms with van der Waals surface area (Å²) in [5, 5.41) is 13.1. The molecule has 1 aliphatic rings. The molecule has 2 aromatic rings. The summed E-state index contributed by atoms with van der Waals surface area (Å²) >= 11 is 0. The average molecular weight is 497 g/mol. The lowest BCUT2D eigenvalue weighted by molar-refractivity contribution is -0.124. The number of imide groups is 1. The Bertz CT molecular complexity index is 807. The molecule has 10 heteroatoms. The van der Waals surface area contributed by atoms with E-state index in [0.29, 0.717) is 32.1 Å².